The number of hydrogen-bond donors (Lipinski definition) is 6. The topological polar surface area (TPSA) is 141 Å². The van der Waals surface area contributed by atoms with Crippen LogP contribution in [0, 0.1) is 0 Å². The fourth-order valence-electron chi connectivity index (χ4n) is 3.39. The standard InChI is InChI=1S/C21H43NO8/c1-2-3-4-5-6-7-8-9-11-28-12-10-22-13-16(24)15-29-20-19(26)18(25)17(14-23)30-21(20)27/h16-27H,2-15H2,1H3/t16?,17-,18+,19+,20-,21-/m1/s1. The highest BCUT2D eigenvalue weighted by molar-refractivity contribution is 4.89. The second-order valence-electron chi connectivity index (χ2n) is 7.97. The second kappa shape index (κ2) is 17.2. The summed E-state index contributed by atoms with van der Waals surface area (Å²) in [5, 5.41) is 51.7. The SMILES string of the molecule is CCCCCCCCCCOCCNCC(O)CO[C@@H]1[C@@H](O)[C@@H](O)[C@@H](CO)O[C@H]1O. The van der Waals surface area contributed by atoms with Crippen LogP contribution in [0.25, 0.3) is 0 Å². The third kappa shape index (κ3) is 11.3. The molecule has 1 unspecified atom stereocenters. The largest absolute Gasteiger partial charge is 0.394 e. The van der Waals surface area contributed by atoms with Crippen molar-refractivity contribution in [1.29, 1.82) is 0 Å². The van der Waals surface area contributed by atoms with Crippen molar-refractivity contribution in [1.82, 2.24) is 5.32 Å². The second-order valence-corrected chi connectivity index (χ2v) is 7.97. The van der Waals surface area contributed by atoms with E-state index in [9.17, 15) is 20.4 Å². The lowest BCUT2D eigenvalue weighted by atomic mass is 9.99. The van der Waals surface area contributed by atoms with Crippen LogP contribution in [0.3, 0.4) is 0 Å². The molecule has 1 aliphatic rings. The highest BCUT2D eigenvalue weighted by Crippen LogP contribution is 2.22. The molecule has 180 valence electrons. The van der Waals surface area contributed by atoms with E-state index < -0.39 is 43.4 Å². The van der Waals surface area contributed by atoms with Gasteiger partial charge in [-0.25, -0.2) is 0 Å². The molecule has 6 N–H and O–H groups in total. The Kier molecular flexibility index (Phi) is 15.9. The molecule has 0 aliphatic carbocycles. The first kappa shape index (κ1) is 27.7. The molecule has 1 saturated heterocycles. The monoisotopic (exact) mass is 437 g/mol. The van der Waals surface area contributed by atoms with E-state index in [1.165, 1.54) is 44.9 Å². The quantitative estimate of drug-likeness (QED) is 0.162. The molecule has 0 spiro atoms. The average molecular weight is 438 g/mol. The Hall–Kier alpha value is -0.360. The molecule has 1 rings (SSSR count). The van der Waals surface area contributed by atoms with Gasteiger partial charge in [0.05, 0.1) is 25.9 Å². The Morgan fingerprint density at radius 3 is 2.27 bits per heavy atom. The van der Waals surface area contributed by atoms with Crippen LogP contribution < -0.4 is 5.32 Å². The first-order valence-electron chi connectivity index (χ1n) is 11.4. The van der Waals surface area contributed by atoms with Crippen LogP contribution in [-0.2, 0) is 14.2 Å². The van der Waals surface area contributed by atoms with Gasteiger partial charge in [-0.3, -0.25) is 0 Å². The Morgan fingerprint density at radius 1 is 0.933 bits per heavy atom. The summed E-state index contributed by atoms with van der Waals surface area (Å²) >= 11 is 0. The van der Waals surface area contributed by atoms with Crippen molar-refractivity contribution in [2.24, 2.45) is 0 Å². The van der Waals surface area contributed by atoms with E-state index in [1.807, 2.05) is 0 Å². The number of unbranched alkanes of at least 4 members (excludes halogenated alkanes) is 7. The van der Waals surface area contributed by atoms with Crippen molar-refractivity contribution in [2.45, 2.75) is 95.1 Å². The molecular weight excluding hydrogens is 394 g/mol. The number of ether oxygens (including phenoxy) is 3. The maximum absolute atomic E-state index is 9.98. The number of rotatable bonds is 18. The van der Waals surface area contributed by atoms with Gasteiger partial charge in [-0.15, -0.1) is 0 Å². The summed E-state index contributed by atoms with van der Waals surface area (Å²) in [4.78, 5) is 0. The van der Waals surface area contributed by atoms with Gasteiger partial charge in [-0.1, -0.05) is 51.9 Å². The van der Waals surface area contributed by atoms with Crippen LogP contribution in [0.4, 0.5) is 0 Å². The molecule has 1 heterocycles. The van der Waals surface area contributed by atoms with Crippen LogP contribution in [0.5, 0.6) is 0 Å². The van der Waals surface area contributed by atoms with E-state index in [4.69, 9.17) is 19.3 Å². The Balaban J connectivity index is 1.97. The van der Waals surface area contributed by atoms with Crippen LogP contribution in [0.1, 0.15) is 58.3 Å². The Morgan fingerprint density at radius 2 is 1.60 bits per heavy atom. The molecule has 0 saturated carbocycles. The minimum Gasteiger partial charge on any atom is -0.394 e. The summed E-state index contributed by atoms with van der Waals surface area (Å²) in [5.74, 6) is 0. The van der Waals surface area contributed by atoms with Gasteiger partial charge in [-0.05, 0) is 6.42 Å². The lowest BCUT2D eigenvalue weighted by Crippen LogP contribution is -2.59. The van der Waals surface area contributed by atoms with Gasteiger partial charge in [0, 0.05) is 19.7 Å². The highest BCUT2D eigenvalue weighted by Gasteiger charge is 2.44. The van der Waals surface area contributed by atoms with E-state index in [-0.39, 0.29) is 13.2 Å². The van der Waals surface area contributed by atoms with Crippen LogP contribution in [0.15, 0.2) is 0 Å². The first-order chi connectivity index (χ1) is 14.5. The fraction of sp³-hybridized carbons (Fsp3) is 1.00. The zero-order chi connectivity index (χ0) is 22.2. The van der Waals surface area contributed by atoms with E-state index in [0.717, 1.165) is 13.0 Å². The predicted molar refractivity (Wildman–Crippen MR) is 112 cm³/mol. The average Bonchev–Trinajstić information content (AvgIpc) is 2.73. The minimum atomic E-state index is -1.49. The molecule has 6 atom stereocenters. The van der Waals surface area contributed by atoms with Gasteiger partial charge in [0.1, 0.15) is 24.4 Å². The predicted octanol–water partition coefficient (Wildman–Crippen LogP) is -0.0893. The molecule has 9 heteroatoms. The van der Waals surface area contributed by atoms with Crippen molar-refractivity contribution in [3.63, 3.8) is 0 Å². The van der Waals surface area contributed by atoms with Crippen molar-refractivity contribution in [3.05, 3.63) is 0 Å². The molecule has 0 bridgehead atoms. The van der Waals surface area contributed by atoms with Gasteiger partial charge < -0.3 is 45.1 Å². The summed E-state index contributed by atoms with van der Waals surface area (Å²) in [7, 11) is 0. The zero-order valence-electron chi connectivity index (χ0n) is 18.3. The third-order valence-corrected chi connectivity index (χ3v) is 5.27. The third-order valence-electron chi connectivity index (χ3n) is 5.27. The zero-order valence-corrected chi connectivity index (χ0v) is 18.3. The highest BCUT2D eigenvalue weighted by atomic mass is 16.7. The van der Waals surface area contributed by atoms with Crippen molar-refractivity contribution in [2.75, 3.05) is 39.5 Å². The van der Waals surface area contributed by atoms with Crippen LogP contribution >= 0.6 is 0 Å². The van der Waals surface area contributed by atoms with E-state index in [1.54, 1.807) is 0 Å². The van der Waals surface area contributed by atoms with E-state index >= 15 is 0 Å². The van der Waals surface area contributed by atoms with Gasteiger partial charge in [0.15, 0.2) is 6.29 Å². The molecular formula is C21H43NO8. The van der Waals surface area contributed by atoms with E-state index in [0.29, 0.717) is 13.2 Å². The normalized spacial score (nSPS) is 28.0. The number of aliphatic hydroxyl groups is 5. The van der Waals surface area contributed by atoms with Crippen molar-refractivity contribution < 1.29 is 39.7 Å². The maximum Gasteiger partial charge on any atom is 0.184 e. The molecule has 0 amide bonds. The molecule has 0 aromatic heterocycles. The lowest BCUT2D eigenvalue weighted by Gasteiger charge is -2.40. The Bertz CT molecular complexity index is 403. The summed E-state index contributed by atoms with van der Waals surface area (Å²) in [6.45, 7) is 3.72. The molecule has 9 nitrogen and oxygen atoms in total. The van der Waals surface area contributed by atoms with Crippen molar-refractivity contribution >= 4 is 0 Å². The smallest absolute Gasteiger partial charge is 0.184 e. The molecule has 1 aliphatic heterocycles. The first-order valence-corrected chi connectivity index (χ1v) is 11.4. The van der Waals surface area contributed by atoms with E-state index in [2.05, 4.69) is 12.2 Å². The van der Waals surface area contributed by atoms with Gasteiger partial charge >= 0.3 is 0 Å². The fourth-order valence-corrected chi connectivity index (χ4v) is 3.39. The molecule has 0 aromatic rings. The van der Waals surface area contributed by atoms with Crippen LogP contribution in [-0.4, -0.2) is 102 Å². The lowest BCUT2D eigenvalue weighted by molar-refractivity contribution is -0.298. The van der Waals surface area contributed by atoms with Crippen LogP contribution in [0.2, 0.25) is 0 Å². The molecule has 0 aromatic carbocycles. The molecule has 1 fully saturated rings. The number of nitrogens with one attached hydrogen (secondary N) is 1. The maximum atomic E-state index is 9.98. The van der Waals surface area contributed by atoms with Gasteiger partial charge in [-0.2, -0.15) is 0 Å². The van der Waals surface area contributed by atoms with Gasteiger partial charge in [0.2, 0.25) is 0 Å². The summed E-state index contributed by atoms with van der Waals surface area (Å²) < 4.78 is 15.9. The summed E-state index contributed by atoms with van der Waals surface area (Å²) in [5.41, 5.74) is 0. The number of hydrogen-bond acceptors (Lipinski definition) is 9. The summed E-state index contributed by atoms with van der Waals surface area (Å²) in [6.07, 6.45) is 2.72. The summed E-state index contributed by atoms with van der Waals surface area (Å²) in [6, 6.07) is 0. The minimum absolute atomic E-state index is 0.148. The van der Waals surface area contributed by atoms with Crippen molar-refractivity contribution in [3.8, 4) is 0 Å². The number of aliphatic hydroxyl groups excluding tert-OH is 5. The Labute approximate surface area is 180 Å². The molecule has 30 heavy (non-hydrogen) atoms. The molecule has 0 radical (unpaired) electrons. The van der Waals surface area contributed by atoms with Gasteiger partial charge in [0.25, 0.3) is 0 Å².